The minimum absolute atomic E-state index is 0.235. The van der Waals surface area contributed by atoms with Gasteiger partial charge in [-0.3, -0.25) is 25.0 Å². The Morgan fingerprint density at radius 1 is 1.22 bits per heavy atom. The highest BCUT2D eigenvalue weighted by molar-refractivity contribution is 7.14. The number of benzene rings is 1. The van der Waals surface area contributed by atoms with Crippen LogP contribution < -0.4 is 5.32 Å². The van der Waals surface area contributed by atoms with Gasteiger partial charge in [0.25, 0.3) is 0 Å². The Labute approximate surface area is 133 Å². The van der Waals surface area contributed by atoms with E-state index in [1.165, 1.54) is 24.3 Å². The first-order valence-corrected chi connectivity index (χ1v) is 7.09. The van der Waals surface area contributed by atoms with Gasteiger partial charge >= 0.3 is 11.4 Å². The summed E-state index contributed by atoms with van der Waals surface area (Å²) >= 11 is 1.24. The molecule has 0 aliphatic rings. The molecule has 2 aromatic rings. The molecule has 0 unspecified atom stereocenters. The third-order valence-corrected chi connectivity index (χ3v) is 3.42. The maximum Gasteiger partial charge on any atom is 0.346 e. The predicted molar refractivity (Wildman–Crippen MR) is 85.1 cm³/mol. The molecule has 0 atom stereocenters. The second-order valence-corrected chi connectivity index (χ2v) is 5.21. The van der Waals surface area contributed by atoms with E-state index in [4.69, 9.17) is 0 Å². The first-order chi connectivity index (χ1) is 10.9. The van der Waals surface area contributed by atoms with Crippen molar-refractivity contribution in [1.82, 2.24) is 4.98 Å². The molecule has 0 fully saturated rings. The van der Waals surface area contributed by atoms with E-state index < -0.39 is 21.2 Å². The zero-order valence-electron chi connectivity index (χ0n) is 11.8. The molecule has 0 aliphatic heterocycles. The molecule has 0 saturated heterocycles. The van der Waals surface area contributed by atoms with Gasteiger partial charge in [0.2, 0.25) is 5.91 Å². The van der Waals surface area contributed by atoms with Crippen LogP contribution >= 0.6 is 11.3 Å². The molecule has 118 valence electrons. The Morgan fingerprint density at radius 3 is 2.52 bits per heavy atom. The quantitative estimate of drug-likeness (QED) is 0.661. The number of nitro benzene ring substituents is 2. The number of aromatic nitrogens is 1. The van der Waals surface area contributed by atoms with E-state index in [-0.39, 0.29) is 5.91 Å². The fourth-order valence-corrected chi connectivity index (χ4v) is 2.42. The summed E-state index contributed by atoms with van der Waals surface area (Å²) in [5.74, 6) is -0.235. The van der Waals surface area contributed by atoms with Crippen LogP contribution in [0, 0.1) is 20.2 Å². The highest BCUT2D eigenvalue weighted by Crippen LogP contribution is 2.28. The molecule has 0 radical (unpaired) electrons. The molecule has 0 saturated carbocycles. The molecule has 1 aromatic heterocycles. The largest absolute Gasteiger partial charge is 0.346 e. The lowest BCUT2D eigenvalue weighted by Gasteiger charge is -1.96. The van der Waals surface area contributed by atoms with Gasteiger partial charge in [-0.25, -0.2) is 4.98 Å². The Morgan fingerprint density at radius 2 is 1.91 bits per heavy atom. The second kappa shape index (κ2) is 6.75. The van der Waals surface area contributed by atoms with Crippen LogP contribution in [-0.4, -0.2) is 20.7 Å². The van der Waals surface area contributed by atoms with Crippen molar-refractivity contribution in [2.45, 2.75) is 6.92 Å². The number of nitrogens with one attached hydrogen (secondary N) is 1. The first-order valence-electron chi connectivity index (χ1n) is 6.21. The third-order valence-electron chi connectivity index (χ3n) is 2.64. The molecule has 2 rings (SSSR count). The molecule has 23 heavy (non-hydrogen) atoms. The van der Waals surface area contributed by atoms with Crippen LogP contribution in [0.1, 0.15) is 18.2 Å². The number of carbonyl (C=O) groups excluding carboxylic acids is 1. The monoisotopic (exact) mass is 334 g/mol. The van der Waals surface area contributed by atoms with Crippen LogP contribution in [0.15, 0.2) is 23.6 Å². The Bertz CT molecular complexity index is 814. The van der Waals surface area contributed by atoms with Gasteiger partial charge in [-0.2, -0.15) is 0 Å². The molecule has 10 heteroatoms. The van der Waals surface area contributed by atoms with E-state index in [0.717, 1.165) is 12.1 Å². The lowest BCUT2D eigenvalue weighted by atomic mass is 10.1. The summed E-state index contributed by atoms with van der Waals surface area (Å²) < 4.78 is 0. The van der Waals surface area contributed by atoms with Crippen molar-refractivity contribution in [3.05, 3.63) is 55.1 Å². The Hall–Kier alpha value is -3.14. The SMILES string of the molecule is CC(=O)Nc1nc(/C=C\c2ccc([N+](=O)[O-])c([N+](=O)[O-])c2)cs1. The van der Waals surface area contributed by atoms with E-state index in [9.17, 15) is 25.0 Å². The molecular weight excluding hydrogens is 324 g/mol. The normalized spacial score (nSPS) is 10.7. The summed E-state index contributed by atoms with van der Waals surface area (Å²) in [6.45, 7) is 1.37. The van der Waals surface area contributed by atoms with Crippen molar-refractivity contribution in [3.63, 3.8) is 0 Å². The van der Waals surface area contributed by atoms with Gasteiger partial charge in [0.05, 0.1) is 15.5 Å². The van der Waals surface area contributed by atoms with Gasteiger partial charge < -0.3 is 5.32 Å². The number of nitrogens with zero attached hydrogens (tertiary/aromatic N) is 3. The molecule has 9 nitrogen and oxygen atoms in total. The molecular formula is C13H10N4O5S. The van der Waals surface area contributed by atoms with Crippen molar-refractivity contribution in [3.8, 4) is 0 Å². The first kappa shape index (κ1) is 16.2. The van der Waals surface area contributed by atoms with Gasteiger partial charge in [-0.1, -0.05) is 6.08 Å². The molecule has 1 aromatic carbocycles. The summed E-state index contributed by atoms with van der Waals surface area (Å²) in [5.41, 5.74) is -0.153. The van der Waals surface area contributed by atoms with Crippen LogP contribution in [0.25, 0.3) is 12.2 Å². The lowest BCUT2D eigenvalue weighted by molar-refractivity contribution is -0.422. The number of hydrogen-bond acceptors (Lipinski definition) is 7. The van der Waals surface area contributed by atoms with Crippen molar-refractivity contribution in [2.75, 3.05) is 5.32 Å². The van der Waals surface area contributed by atoms with Gasteiger partial charge in [-0.15, -0.1) is 11.3 Å². The number of carbonyl (C=O) groups is 1. The van der Waals surface area contributed by atoms with Gasteiger partial charge in [0, 0.05) is 24.4 Å². The van der Waals surface area contributed by atoms with Crippen LogP contribution in [0.4, 0.5) is 16.5 Å². The summed E-state index contributed by atoms with van der Waals surface area (Å²) in [4.78, 5) is 35.1. The molecule has 1 N–H and O–H groups in total. The number of amides is 1. The van der Waals surface area contributed by atoms with E-state index >= 15 is 0 Å². The maximum absolute atomic E-state index is 10.9. The third kappa shape index (κ3) is 4.17. The fraction of sp³-hybridized carbons (Fsp3) is 0.0769. The molecule has 0 bridgehead atoms. The summed E-state index contributed by atoms with van der Waals surface area (Å²) in [6.07, 6.45) is 3.13. The lowest BCUT2D eigenvalue weighted by Crippen LogP contribution is -2.04. The van der Waals surface area contributed by atoms with Crippen LogP contribution in [-0.2, 0) is 4.79 Å². The predicted octanol–water partition coefficient (Wildman–Crippen LogP) is 3.09. The van der Waals surface area contributed by atoms with Gasteiger partial charge in [-0.05, 0) is 17.7 Å². The average Bonchev–Trinajstić information content (AvgIpc) is 2.91. The minimum Gasteiger partial charge on any atom is -0.302 e. The highest BCUT2D eigenvalue weighted by atomic mass is 32.1. The molecule has 0 aliphatic carbocycles. The van der Waals surface area contributed by atoms with Crippen molar-refractivity contribution >= 4 is 45.9 Å². The Kier molecular flexibility index (Phi) is 4.76. The van der Waals surface area contributed by atoms with Crippen molar-refractivity contribution in [1.29, 1.82) is 0 Å². The minimum atomic E-state index is -0.800. The summed E-state index contributed by atoms with van der Waals surface area (Å²) in [6, 6.07) is 3.61. The van der Waals surface area contributed by atoms with Gasteiger partial charge in [0.1, 0.15) is 0 Å². The number of anilines is 1. The number of thiazole rings is 1. The summed E-state index contributed by atoms with van der Waals surface area (Å²) in [5, 5.41) is 26.3. The zero-order chi connectivity index (χ0) is 17.0. The fourth-order valence-electron chi connectivity index (χ4n) is 1.70. The molecule has 1 amide bonds. The average molecular weight is 334 g/mol. The van der Waals surface area contributed by atoms with Crippen LogP contribution in [0.3, 0.4) is 0 Å². The van der Waals surface area contributed by atoms with E-state index in [1.54, 1.807) is 17.5 Å². The standard InChI is InChI=1S/C13H10N4O5S/c1-8(18)14-13-15-10(7-23-13)4-2-9-3-5-11(16(19)20)12(6-9)17(21)22/h2-7H,1H3,(H,14,15,18)/b4-2-. The maximum atomic E-state index is 10.9. The zero-order valence-corrected chi connectivity index (χ0v) is 12.6. The van der Waals surface area contributed by atoms with Gasteiger partial charge in [0.15, 0.2) is 5.13 Å². The number of rotatable bonds is 5. The number of nitro groups is 2. The molecule has 0 spiro atoms. The number of hydrogen-bond donors (Lipinski definition) is 1. The smallest absolute Gasteiger partial charge is 0.302 e. The molecule has 1 heterocycles. The van der Waals surface area contributed by atoms with E-state index in [1.807, 2.05) is 0 Å². The Balaban J connectivity index is 2.24. The van der Waals surface area contributed by atoms with Crippen molar-refractivity contribution in [2.24, 2.45) is 0 Å². The van der Waals surface area contributed by atoms with E-state index in [0.29, 0.717) is 16.4 Å². The van der Waals surface area contributed by atoms with Crippen molar-refractivity contribution < 1.29 is 14.6 Å². The second-order valence-electron chi connectivity index (χ2n) is 4.35. The van der Waals surface area contributed by atoms with Crippen LogP contribution in [0.2, 0.25) is 0 Å². The highest BCUT2D eigenvalue weighted by Gasteiger charge is 2.23. The van der Waals surface area contributed by atoms with E-state index in [2.05, 4.69) is 10.3 Å². The summed E-state index contributed by atoms with van der Waals surface area (Å²) in [7, 11) is 0. The topological polar surface area (TPSA) is 128 Å². The van der Waals surface area contributed by atoms with Crippen LogP contribution in [0.5, 0.6) is 0 Å².